The molecule has 134 valence electrons. The van der Waals surface area contributed by atoms with Crippen molar-refractivity contribution in [2.75, 3.05) is 38.9 Å². The molecule has 0 saturated carbocycles. The molecule has 0 atom stereocenters. The van der Waals surface area contributed by atoms with E-state index < -0.39 is 7.60 Å². The number of amides is 1. The summed E-state index contributed by atoms with van der Waals surface area (Å²) in [7, 11) is -0.448. The minimum absolute atomic E-state index is 0.0449. The Kier molecular flexibility index (Phi) is 7.84. The van der Waals surface area contributed by atoms with Crippen LogP contribution in [0.3, 0.4) is 0 Å². The molecule has 0 fully saturated rings. The first-order chi connectivity index (χ1) is 11.2. The summed E-state index contributed by atoms with van der Waals surface area (Å²) in [5, 5.41) is 2.86. The molecule has 1 N–H and O–H groups in total. The Bertz CT molecular complexity index is 625. The lowest BCUT2D eigenvalue weighted by atomic mass is 10.0. The van der Waals surface area contributed by atoms with Gasteiger partial charge in [-0.25, -0.2) is 0 Å². The summed E-state index contributed by atoms with van der Waals surface area (Å²) in [6.45, 7) is 9.83. The van der Waals surface area contributed by atoms with Crippen molar-refractivity contribution in [3.05, 3.63) is 41.0 Å². The van der Waals surface area contributed by atoms with Crippen molar-refractivity contribution >= 4 is 19.2 Å². The van der Waals surface area contributed by atoms with Gasteiger partial charge in [-0.05, 0) is 31.9 Å². The normalized spacial score (nSPS) is 11.4. The summed E-state index contributed by atoms with van der Waals surface area (Å²) in [5.74, 6) is -0.299. The second-order valence-electron chi connectivity index (χ2n) is 5.58. The first-order valence-corrected chi connectivity index (χ1v) is 9.30. The molecule has 0 unspecified atom stereocenters. The summed E-state index contributed by atoms with van der Waals surface area (Å²) in [4.78, 5) is 12.2. The van der Waals surface area contributed by atoms with E-state index in [1.807, 2.05) is 32.9 Å². The highest BCUT2D eigenvalue weighted by Gasteiger charge is 2.20. The standard InChI is InChI=1S/C17H26NO5P/c1-12-9-13(2)16(14(3)10-12)18-17(19)15(4)11-23-7-8-24(20,21-5)22-6/h9-10H,4,7-8,11H2,1-3,5-6H3,(H,18,19). The van der Waals surface area contributed by atoms with Crippen LogP contribution in [0.25, 0.3) is 0 Å². The molecule has 0 aliphatic carbocycles. The summed E-state index contributed by atoms with van der Waals surface area (Å²) in [6, 6.07) is 4.02. The Hall–Kier alpha value is -1.46. The smallest absolute Gasteiger partial charge is 0.332 e. The number of hydrogen-bond donors (Lipinski definition) is 1. The molecule has 0 aliphatic rings. The van der Waals surface area contributed by atoms with Gasteiger partial charge in [-0.15, -0.1) is 0 Å². The molecule has 6 nitrogen and oxygen atoms in total. The Morgan fingerprint density at radius 2 is 1.71 bits per heavy atom. The molecular weight excluding hydrogens is 329 g/mol. The fourth-order valence-corrected chi connectivity index (χ4v) is 3.14. The number of benzene rings is 1. The van der Waals surface area contributed by atoms with Crippen LogP contribution in [-0.2, 0) is 23.1 Å². The van der Waals surface area contributed by atoms with Gasteiger partial charge >= 0.3 is 7.60 Å². The number of aryl methyl sites for hydroxylation is 3. The van der Waals surface area contributed by atoms with E-state index in [1.54, 1.807) is 0 Å². The van der Waals surface area contributed by atoms with Gasteiger partial charge in [0, 0.05) is 25.5 Å². The van der Waals surface area contributed by atoms with Crippen LogP contribution in [0.1, 0.15) is 16.7 Å². The molecule has 0 radical (unpaired) electrons. The topological polar surface area (TPSA) is 73.9 Å². The average Bonchev–Trinajstić information content (AvgIpc) is 2.54. The van der Waals surface area contributed by atoms with Crippen molar-refractivity contribution in [1.82, 2.24) is 0 Å². The molecule has 1 aromatic rings. The second kappa shape index (κ2) is 9.14. The van der Waals surface area contributed by atoms with Crippen LogP contribution in [-0.4, -0.2) is 39.5 Å². The van der Waals surface area contributed by atoms with E-state index in [-0.39, 0.29) is 25.3 Å². The SMILES string of the molecule is C=C(COCCP(=O)(OC)OC)C(=O)Nc1c(C)cc(C)cc1C. The number of anilines is 1. The van der Waals surface area contributed by atoms with Crippen molar-refractivity contribution in [3.63, 3.8) is 0 Å². The predicted octanol–water partition coefficient (Wildman–Crippen LogP) is 3.61. The largest absolute Gasteiger partial charge is 0.376 e. The monoisotopic (exact) mass is 355 g/mol. The van der Waals surface area contributed by atoms with Gasteiger partial charge in [-0.3, -0.25) is 9.36 Å². The minimum atomic E-state index is -3.09. The molecule has 0 bridgehead atoms. The first kappa shape index (κ1) is 20.6. The maximum absolute atomic E-state index is 12.2. The van der Waals surface area contributed by atoms with E-state index in [9.17, 15) is 9.36 Å². The molecule has 0 saturated heterocycles. The number of hydrogen-bond acceptors (Lipinski definition) is 5. The lowest BCUT2D eigenvalue weighted by molar-refractivity contribution is -0.113. The van der Waals surface area contributed by atoms with Crippen LogP contribution >= 0.6 is 7.60 Å². The van der Waals surface area contributed by atoms with Crippen molar-refractivity contribution in [1.29, 1.82) is 0 Å². The van der Waals surface area contributed by atoms with E-state index in [0.29, 0.717) is 5.57 Å². The number of rotatable bonds is 9. The van der Waals surface area contributed by atoms with Crippen LogP contribution in [0.4, 0.5) is 5.69 Å². The molecule has 7 heteroatoms. The number of nitrogens with one attached hydrogen (secondary N) is 1. The molecule has 0 spiro atoms. The zero-order valence-electron chi connectivity index (χ0n) is 15.0. The fourth-order valence-electron chi connectivity index (χ4n) is 2.27. The molecular formula is C17H26NO5P. The maximum atomic E-state index is 12.2. The number of carbonyl (C=O) groups excluding carboxylic acids is 1. The highest BCUT2D eigenvalue weighted by molar-refractivity contribution is 7.53. The quantitative estimate of drug-likeness (QED) is 0.416. The van der Waals surface area contributed by atoms with Gasteiger partial charge in [-0.1, -0.05) is 24.3 Å². The van der Waals surface area contributed by atoms with Crippen LogP contribution < -0.4 is 5.32 Å². The second-order valence-corrected chi connectivity index (χ2v) is 7.98. The first-order valence-electron chi connectivity index (χ1n) is 7.57. The highest BCUT2D eigenvalue weighted by atomic mass is 31.2. The molecule has 0 aromatic heterocycles. The Morgan fingerprint density at radius 3 is 2.21 bits per heavy atom. The van der Waals surface area contributed by atoms with E-state index in [0.717, 1.165) is 22.4 Å². The van der Waals surface area contributed by atoms with E-state index in [2.05, 4.69) is 11.9 Å². The van der Waals surface area contributed by atoms with Gasteiger partial charge in [0.1, 0.15) is 0 Å². The average molecular weight is 355 g/mol. The number of carbonyl (C=O) groups is 1. The summed E-state index contributed by atoms with van der Waals surface area (Å²) in [5.41, 5.74) is 4.21. The highest BCUT2D eigenvalue weighted by Crippen LogP contribution is 2.45. The predicted molar refractivity (Wildman–Crippen MR) is 95.7 cm³/mol. The van der Waals surface area contributed by atoms with Crippen LogP contribution in [0.2, 0.25) is 0 Å². The van der Waals surface area contributed by atoms with Gasteiger partial charge in [0.05, 0.1) is 19.4 Å². The van der Waals surface area contributed by atoms with E-state index in [4.69, 9.17) is 13.8 Å². The third-order valence-electron chi connectivity index (χ3n) is 3.58. The van der Waals surface area contributed by atoms with Gasteiger partial charge in [0.15, 0.2) is 0 Å². The Labute approximate surface area is 143 Å². The Balaban J connectivity index is 2.52. The van der Waals surface area contributed by atoms with E-state index in [1.165, 1.54) is 14.2 Å². The van der Waals surface area contributed by atoms with Gasteiger partial charge in [-0.2, -0.15) is 0 Å². The van der Waals surface area contributed by atoms with Crippen molar-refractivity contribution in [2.45, 2.75) is 20.8 Å². The molecule has 1 amide bonds. The van der Waals surface area contributed by atoms with Crippen LogP contribution in [0.5, 0.6) is 0 Å². The molecule has 0 aliphatic heterocycles. The van der Waals surface area contributed by atoms with Crippen molar-refractivity contribution < 1.29 is 23.1 Å². The van der Waals surface area contributed by atoms with Crippen molar-refractivity contribution in [3.8, 4) is 0 Å². The molecule has 24 heavy (non-hydrogen) atoms. The van der Waals surface area contributed by atoms with Crippen molar-refractivity contribution in [2.24, 2.45) is 0 Å². The zero-order valence-corrected chi connectivity index (χ0v) is 15.9. The zero-order chi connectivity index (χ0) is 18.3. The summed E-state index contributed by atoms with van der Waals surface area (Å²) < 4.78 is 26.8. The van der Waals surface area contributed by atoms with Gasteiger partial charge < -0.3 is 19.1 Å². The lowest BCUT2D eigenvalue weighted by Crippen LogP contribution is -2.19. The summed E-state index contributed by atoms with van der Waals surface area (Å²) in [6.07, 6.45) is 0.116. The van der Waals surface area contributed by atoms with Gasteiger partial charge in [0.25, 0.3) is 5.91 Å². The maximum Gasteiger partial charge on any atom is 0.332 e. The molecule has 1 rings (SSSR count). The van der Waals surface area contributed by atoms with Crippen LogP contribution in [0, 0.1) is 20.8 Å². The molecule has 0 heterocycles. The fraction of sp³-hybridized carbons (Fsp3) is 0.471. The van der Waals surface area contributed by atoms with E-state index >= 15 is 0 Å². The van der Waals surface area contributed by atoms with Gasteiger partial charge in [0.2, 0.25) is 0 Å². The Morgan fingerprint density at radius 1 is 1.17 bits per heavy atom. The minimum Gasteiger partial charge on any atom is -0.376 e. The number of ether oxygens (including phenoxy) is 1. The third-order valence-corrected chi connectivity index (χ3v) is 5.42. The third kappa shape index (κ3) is 5.87. The van der Waals surface area contributed by atoms with Crippen LogP contribution in [0.15, 0.2) is 24.3 Å². The summed E-state index contributed by atoms with van der Waals surface area (Å²) >= 11 is 0. The molecule has 1 aromatic carbocycles. The lowest BCUT2D eigenvalue weighted by Gasteiger charge is -2.15.